The fourth-order valence-electron chi connectivity index (χ4n) is 3.72. The number of nitrogens with one attached hydrogen (secondary N) is 1. The number of non-ortho nitro benzene ring substituents is 1. The molecule has 0 spiro atoms. The lowest BCUT2D eigenvalue weighted by atomic mass is 10.1. The van der Waals surface area contributed by atoms with E-state index in [0.717, 1.165) is 43.6 Å². The van der Waals surface area contributed by atoms with Crippen molar-refractivity contribution in [1.29, 1.82) is 0 Å². The number of halogens is 1. The van der Waals surface area contributed by atoms with Crippen molar-refractivity contribution in [3.05, 3.63) is 80.1 Å². The minimum atomic E-state index is -0.542. The second-order valence-corrected chi connectivity index (χ2v) is 9.30. The van der Waals surface area contributed by atoms with Gasteiger partial charge in [0.1, 0.15) is 5.82 Å². The largest absolute Gasteiger partial charge is 0.351 e. The average molecular weight is 501 g/mol. The number of aryl methyl sites for hydroxylation is 1. The topological polar surface area (TPSA) is 105 Å². The number of nitro benzene ring substituents is 1. The van der Waals surface area contributed by atoms with E-state index in [2.05, 4.69) is 50.7 Å². The Morgan fingerprint density at radius 3 is 2.59 bits per heavy atom. The summed E-state index contributed by atoms with van der Waals surface area (Å²) in [5, 5.41) is 14.7. The molecule has 1 fully saturated rings. The van der Waals surface area contributed by atoms with Crippen molar-refractivity contribution in [2.24, 2.45) is 0 Å². The molecular weight excluding hydrogens is 476 g/mol. The zero-order valence-corrected chi connectivity index (χ0v) is 20.3. The maximum Gasteiger partial charge on any atom is 0.270 e. The smallest absolute Gasteiger partial charge is 0.270 e. The first kappa shape index (κ1) is 24.1. The van der Waals surface area contributed by atoms with Crippen LogP contribution in [0.25, 0.3) is 0 Å². The molecule has 4 rings (SSSR count). The fourth-order valence-corrected chi connectivity index (χ4v) is 4.72. The highest BCUT2D eigenvalue weighted by molar-refractivity contribution is 7.09. The maximum atomic E-state index is 12.4. The summed E-state index contributed by atoms with van der Waals surface area (Å²) in [6.07, 6.45) is 0.731. The van der Waals surface area contributed by atoms with Gasteiger partial charge in [-0.15, -0.1) is 0 Å². The Morgan fingerprint density at radius 1 is 1.18 bits per heavy atom. The van der Waals surface area contributed by atoms with E-state index in [1.807, 2.05) is 0 Å². The van der Waals surface area contributed by atoms with Crippen LogP contribution in [0, 0.1) is 17.0 Å². The van der Waals surface area contributed by atoms with E-state index < -0.39 is 4.92 Å². The van der Waals surface area contributed by atoms with Crippen molar-refractivity contribution in [2.75, 3.05) is 44.2 Å². The summed E-state index contributed by atoms with van der Waals surface area (Å²) in [5.41, 5.74) is 2.53. The third-order valence-electron chi connectivity index (χ3n) is 5.70. The second kappa shape index (κ2) is 10.9. The van der Waals surface area contributed by atoms with E-state index in [9.17, 15) is 14.9 Å². The lowest BCUT2D eigenvalue weighted by Crippen LogP contribution is -2.48. The first-order chi connectivity index (χ1) is 16.4. The van der Waals surface area contributed by atoms with Gasteiger partial charge in [0.2, 0.25) is 5.13 Å². The quantitative estimate of drug-likeness (QED) is 0.372. The van der Waals surface area contributed by atoms with Gasteiger partial charge in [0, 0.05) is 69.4 Å². The van der Waals surface area contributed by atoms with E-state index in [0.29, 0.717) is 13.1 Å². The van der Waals surface area contributed by atoms with E-state index in [1.165, 1.54) is 40.9 Å². The molecule has 1 aliphatic rings. The van der Waals surface area contributed by atoms with Crippen LogP contribution in [0.1, 0.15) is 27.3 Å². The number of nitro groups is 1. The predicted octanol–water partition coefficient (Wildman–Crippen LogP) is 3.55. The number of nitrogens with zero attached hydrogens (tertiary/aromatic N) is 5. The van der Waals surface area contributed by atoms with E-state index in [4.69, 9.17) is 16.6 Å². The van der Waals surface area contributed by atoms with Crippen molar-refractivity contribution < 1.29 is 9.72 Å². The van der Waals surface area contributed by atoms with Crippen molar-refractivity contribution >= 4 is 39.9 Å². The molecule has 1 aliphatic heterocycles. The van der Waals surface area contributed by atoms with Crippen molar-refractivity contribution in [2.45, 2.75) is 13.3 Å². The molecule has 0 saturated carbocycles. The summed E-state index contributed by atoms with van der Waals surface area (Å²) in [7, 11) is 0. The van der Waals surface area contributed by atoms with Gasteiger partial charge in [-0.2, -0.15) is 4.37 Å². The number of carbonyl (C=O) groups excluding carboxylic acids is 1. The van der Waals surface area contributed by atoms with Crippen LogP contribution in [0.5, 0.6) is 0 Å². The summed E-state index contributed by atoms with van der Waals surface area (Å²) in [6.45, 7) is 6.67. The van der Waals surface area contributed by atoms with Crippen LogP contribution in [0.4, 0.5) is 10.8 Å². The summed E-state index contributed by atoms with van der Waals surface area (Å²) >= 11 is 7.47. The molecule has 0 atom stereocenters. The normalized spacial score (nSPS) is 14.2. The second-order valence-electron chi connectivity index (χ2n) is 8.16. The number of aromatic nitrogens is 2. The Morgan fingerprint density at radius 2 is 1.91 bits per heavy atom. The highest BCUT2D eigenvalue weighted by Gasteiger charge is 2.21. The van der Waals surface area contributed by atoms with Gasteiger partial charge in [0.25, 0.3) is 11.6 Å². The number of benzene rings is 2. The zero-order valence-electron chi connectivity index (χ0n) is 18.7. The maximum absolute atomic E-state index is 12.4. The predicted molar refractivity (Wildman–Crippen MR) is 133 cm³/mol. The van der Waals surface area contributed by atoms with Crippen LogP contribution < -0.4 is 10.2 Å². The minimum absolute atomic E-state index is 0.0686. The molecule has 1 saturated heterocycles. The SMILES string of the molecule is Cc1ccc(Cc2nsc(N3CCN(CCNC(=O)c4ccc([N+](=O)[O-])cc4Cl)CC3)n2)cc1. The van der Waals surface area contributed by atoms with Crippen molar-refractivity contribution in [1.82, 2.24) is 19.6 Å². The van der Waals surface area contributed by atoms with Crippen molar-refractivity contribution in [3.63, 3.8) is 0 Å². The third kappa shape index (κ3) is 6.07. The number of carbonyl (C=O) groups is 1. The molecule has 9 nitrogen and oxygen atoms in total. The Balaban J connectivity index is 1.21. The zero-order chi connectivity index (χ0) is 24.1. The van der Waals surface area contributed by atoms with E-state index in [-0.39, 0.29) is 22.2 Å². The highest BCUT2D eigenvalue weighted by atomic mass is 35.5. The minimum Gasteiger partial charge on any atom is -0.351 e. The number of piperazine rings is 1. The first-order valence-electron chi connectivity index (χ1n) is 11.0. The Bertz CT molecular complexity index is 1160. The monoisotopic (exact) mass is 500 g/mol. The molecule has 3 aromatic rings. The van der Waals surface area contributed by atoms with Gasteiger partial charge >= 0.3 is 0 Å². The van der Waals surface area contributed by atoms with Gasteiger partial charge in [-0.3, -0.25) is 19.8 Å². The number of rotatable bonds is 8. The first-order valence-corrected chi connectivity index (χ1v) is 12.1. The molecule has 0 radical (unpaired) electrons. The lowest BCUT2D eigenvalue weighted by molar-refractivity contribution is -0.384. The Hall–Kier alpha value is -3.08. The Kier molecular flexibility index (Phi) is 7.71. The molecule has 178 valence electrons. The molecule has 0 bridgehead atoms. The summed E-state index contributed by atoms with van der Waals surface area (Å²) in [6, 6.07) is 12.3. The van der Waals surface area contributed by atoms with Gasteiger partial charge in [-0.1, -0.05) is 41.4 Å². The van der Waals surface area contributed by atoms with Crippen LogP contribution in [0.2, 0.25) is 5.02 Å². The number of amides is 1. The Labute approximate surface area is 206 Å². The summed E-state index contributed by atoms with van der Waals surface area (Å²) in [4.78, 5) is 31.9. The molecule has 1 N–H and O–H groups in total. The van der Waals surface area contributed by atoms with E-state index >= 15 is 0 Å². The summed E-state index contributed by atoms with van der Waals surface area (Å²) < 4.78 is 4.53. The average Bonchev–Trinajstić information content (AvgIpc) is 3.29. The van der Waals surface area contributed by atoms with Gasteiger partial charge in [0.05, 0.1) is 15.5 Å². The molecule has 34 heavy (non-hydrogen) atoms. The van der Waals surface area contributed by atoms with Crippen LogP contribution >= 0.6 is 23.1 Å². The standard InChI is InChI=1S/C23H25ClN6O3S/c1-16-2-4-17(5-3-16)14-21-26-23(34-27-21)29-12-10-28(11-13-29)9-8-25-22(31)19-7-6-18(30(32)33)15-20(19)24/h2-7,15H,8-14H2,1H3,(H,25,31). The summed E-state index contributed by atoms with van der Waals surface area (Å²) in [5.74, 6) is 0.507. The molecule has 0 unspecified atom stereocenters. The van der Waals surface area contributed by atoms with E-state index in [1.54, 1.807) is 0 Å². The van der Waals surface area contributed by atoms with Gasteiger partial charge in [-0.25, -0.2) is 4.98 Å². The molecular formula is C23H25ClN6O3S. The number of hydrogen-bond acceptors (Lipinski definition) is 8. The molecule has 1 aromatic heterocycles. The van der Waals surface area contributed by atoms with Crippen LogP contribution in [-0.2, 0) is 6.42 Å². The molecule has 2 heterocycles. The van der Waals surface area contributed by atoms with Gasteiger partial charge in [-0.05, 0) is 18.6 Å². The fraction of sp³-hybridized carbons (Fsp3) is 0.348. The molecule has 1 amide bonds. The molecule has 11 heteroatoms. The third-order valence-corrected chi connectivity index (χ3v) is 6.83. The van der Waals surface area contributed by atoms with Crippen LogP contribution in [-0.4, -0.2) is 64.4 Å². The lowest BCUT2D eigenvalue weighted by Gasteiger charge is -2.34. The number of anilines is 1. The van der Waals surface area contributed by atoms with Gasteiger partial charge in [0.15, 0.2) is 0 Å². The van der Waals surface area contributed by atoms with Gasteiger partial charge < -0.3 is 10.2 Å². The van der Waals surface area contributed by atoms with Crippen LogP contribution in [0.15, 0.2) is 42.5 Å². The molecule has 2 aromatic carbocycles. The number of hydrogen-bond donors (Lipinski definition) is 1. The molecule has 0 aliphatic carbocycles. The van der Waals surface area contributed by atoms with Crippen LogP contribution in [0.3, 0.4) is 0 Å². The highest BCUT2D eigenvalue weighted by Crippen LogP contribution is 2.23. The van der Waals surface area contributed by atoms with Crippen molar-refractivity contribution in [3.8, 4) is 0 Å².